The summed E-state index contributed by atoms with van der Waals surface area (Å²) in [4.78, 5) is 4.33. The summed E-state index contributed by atoms with van der Waals surface area (Å²) in [6, 6.07) is 21.9. The van der Waals surface area contributed by atoms with Gasteiger partial charge in [0.15, 0.2) is 5.76 Å². The van der Waals surface area contributed by atoms with E-state index in [9.17, 15) is 13.2 Å². The number of aromatic nitrogens is 1. The van der Waals surface area contributed by atoms with Gasteiger partial charge >= 0.3 is 6.18 Å². The second kappa shape index (κ2) is 10.1. The van der Waals surface area contributed by atoms with Crippen LogP contribution in [0.1, 0.15) is 11.3 Å². The molecule has 0 saturated carbocycles. The lowest BCUT2D eigenvalue weighted by Crippen LogP contribution is -2.48. The van der Waals surface area contributed by atoms with Crippen LogP contribution in [0.3, 0.4) is 0 Å². The fraction of sp³-hybridized carbons (Fsp3) is 0.296. The predicted octanol–water partition coefficient (Wildman–Crippen LogP) is 5.43. The summed E-state index contributed by atoms with van der Waals surface area (Å²) < 4.78 is 44.5. The van der Waals surface area contributed by atoms with Gasteiger partial charge in [-0.15, -0.1) is 0 Å². The number of halogens is 3. The number of hydrogen-bond acceptors (Lipinski definition) is 5. The maximum absolute atomic E-state index is 13.0. The maximum atomic E-state index is 13.0. The van der Waals surface area contributed by atoms with Crippen LogP contribution in [0.2, 0.25) is 0 Å². The molecule has 0 bridgehead atoms. The second-order valence-corrected chi connectivity index (χ2v) is 8.76. The molecule has 3 aromatic carbocycles. The first-order chi connectivity index (χ1) is 17.0. The zero-order valence-electron chi connectivity index (χ0n) is 19.3. The summed E-state index contributed by atoms with van der Waals surface area (Å²) in [6.45, 7) is 5.27. The van der Waals surface area contributed by atoms with Crippen molar-refractivity contribution in [3.8, 4) is 11.3 Å². The number of fused-ring (bicyclic) bond motifs is 1. The number of piperazine rings is 1. The third-order valence-electron chi connectivity index (χ3n) is 6.44. The topological polar surface area (TPSA) is 44.5 Å². The molecule has 1 fully saturated rings. The average molecular weight is 481 g/mol. The van der Waals surface area contributed by atoms with Crippen molar-refractivity contribution in [2.24, 2.45) is 0 Å². The molecule has 5 rings (SSSR count). The van der Waals surface area contributed by atoms with E-state index in [1.54, 1.807) is 6.07 Å². The Bertz CT molecular complexity index is 1270. The summed E-state index contributed by atoms with van der Waals surface area (Å²) in [7, 11) is 0. The molecular formula is C27H27F3N4O. The third kappa shape index (κ3) is 5.49. The Morgan fingerprint density at radius 3 is 2.49 bits per heavy atom. The van der Waals surface area contributed by atoms with Crippen LogP contribution in [0.5, 0.6) is 0 Å². The molecular weight excluding hydrogens is 453 g/mol. The van der Waals surface area contributed by atoms with E-state index in [1.165, 1.54) is 17.5 Å². The largest absolute Gasteiger partial charge is 0.416 e. The van der Waals surface area contributed by atoms with Crippen LogP contribution < -0.4 is 10.2 Å². The number of anilines is 1. The van der Waals surface area contributed by atoms with E-state index in [1.807, 2.05) is 29.2 Å². The molecule has 0 unspecified atom stereocenters. The number of alkyl halides is 3. The van der Waals surface area contributed by atoms with E-state index in [4.69, 9.17) is 4.52 Å². The Balaban J connectivity index is 1.08. The average Bonchev–Trinajstić information content (AvgIpc) is 3.35. The summed E-state index contributed by atoms with van der Waals surface area (Å²) >= 11 is 0. The van der Waals surface area contributed by atoms with Gasteiger partial charge in [-0.3, -0.25) is 4.90 Å². The quantitative estimate of drug-likeness (QED) is 0.358. The minimum absolute atomic E-state index is 0.585. The van der Waals surface area contributed by atoms with Gasteiger partial charge in [0, 0.05) is 56.6 Å². The van der Waals surface area contributed by atoms with E-state index < -0.39 is 11.7 Å². The number of hydrogen-bond donors (Lipinski definition) is 1. The van der Waals surface area contributed by atoms with Crippen molar-refractivity contribution in [2.75, 3.05) is 44.2 Å². The van der Waals surface area contributed by atoms with Crippen LogP contribution >= 0.6 is 0 Å². The number of nitrogens with one attached hydrogen (secondary N) is 1. The number of nitrogens with zero attached hydrogens (tertiary/aromatic N) is 3. The summed E-state index contributed by atoms with van der Waals surface area (Å²) in [5, 5.41) is 9.98. The molecule has 0 radical (unpaired) electrons. The van der Waals surface area contributed by atoms with Crippen LogP contribution in [0.4, 0.5) is 18.9 Å². The van der Waals surface area contributed by atoms with Gasteiger partial charge in [0.25, 0.3) is 0 Å². The lowest BCUT2D eigenvalue weighted by molar-refractivity contribution is -0.137. The normalized spacial score (nSPS) is 15.1. The van der Waals surface area contributed by atoms with Gasteiger partial charge in [-0.25, -0.2) is 0 Å². The van der Waals surface area contributed by atoms with Crippen molar-refractivity contribution in [1.29, 1.82) is 0 Å². The highest BCUT2D eigenvalue weighted by Gasteiger charge is 2.31. The maximum Gasteiger partial charge on any atom is 0.416 e. The molecule has 2 heterocycles. The molecule has 1 saturated heterocycles. The van der Waals surface area contributed by atoms with E-state index in [0.29, 0.717) is 25.3 Å². The predicted molar refractivity (Wildman–Crippen MR) is 131 cm³/mol. The molecule has 0 atom stereocenters. The van der Waals surface area contributed by atoms with Crippen molar-refractivity contribution in [2.45, 2.75) is 12.7 Å². The smallest absolute Gasteiger partial charge is 0.369 e. The Morgan fingerprint density at radius 1 is 0.886 bits per heavy atom. The van der Waals surface area contributed by atoms with Crippen LogP contribution in [-0.2, 0) is 12.7 Å². The minimum Gasteiger partial charge on any atom is -0.369 e. The lowest BCUT2D eigenvalue weighted by atomic mass is 10.0. The Hall–Kier alpha value is -3.36. The molecule has 182 valence electrons. The van der Waals surface area contributed by atoms with Crippen LogP contribution in [0.15, 0.2) is 77.3 Å². The molecule has 0 aliphatic carbocycles. The summed E-state index contributed by atoms with van der Waals surface area (Å²) in [6.07, 6.45) is -4.32. The molecule has 4 aromatic rings. The first-order valence-corrected chi connectivity index (χ1v) is 11.8. The zero-order valence-corrected chi connectivity index (χ0v) is 19.3. The summed E-state index contributed by atoms with van der Waals surface area (Å²) in [5.74, 6) is 0.780. The first-order valence-electron chi connectivity index (χ1n) is 11.8. The van der Waals surface area contributed by atoms with Crippen LogP contribution in [0, 0.1) is 0 Å². The molecule has 35 heavy (non-hydrogen) atoms. The minimum atomic E-state index is -4.32. The fourth-order valence-electron chi connectivity index (χ4n) is 4.53. The van der Waals surface area contributed by atoms with Gasteiger partial charge in [0.2, 0.25) is 0 Å². The molecule has 1 N–H and O–H groups in total. The molecule has 1 aromatic heterocycles. The van der Waals surface area contributed by atoms with Crippen molar-refractivity contribution in [3.05, 3.63) is 84.1 Å². The SMILES string of the molecule is FC(F)(F)c1cccc(N2CCN(CCNCc3cc(-c4cccc5ccccc45)no3)CC2)c1. The highest BCUT2D eigenvalue weighted by atomic mass is 19.4. The van der Waals surface area contributed by atoms with Crippen molar-refractivity contribution in [1.82, 2.24) is 15.4 Å². The van der Waals surface area contributed by atoms with Gasteiger partial charge in [-0.05, 0) is 29.0 Å². The molecule has 5 nitrogen and oxygen atoms in total. The van der Waals surface area contributed by atoms with Gasteiger partial charge < -0.3 is 14.7 Å². The van der Waals surface area contributed by atoms with E-state index in [0.717, 1.165) is 54.6 Å². The number of rotatable bonds is 7. The van der Waals surface area contributed by atoms with Gasteiger partial charge in [-0.1, -0.05) is 53.7 Å². The Labute approximate surface area is 202 Å². The fourth-order valence-corrected chi connectivity index (χ4v) is 4.53. The van der Waals surface area contributed by atoms with Crippen molar-refractivity contribution in [3.63, 3.8) is 0 Å². The lowest BCUT2D eigenvalue weighted by Gasteiger charge is -2.36. The van der Waals surface area contributed by atoms with Gasteiger partial charge in [0.05, 0.1) is 12.1 Å². The first kappa shape index (κ1) is 23.4. The molecule has 1 aliphatic heterocycles. The Morgan fingerprint density at radius 2 is 1.66 bits per heavy atom. The highest BCUT2D eigenvalue weighted by molar-refractivity contribution is 5.95. The van der Waals surface area contributed by atoms with Gasteiger partial charge in [0.1, 0.15) is 5.69 Å². The monoisotopic (exact) mass is 480 g/mol. The van der Waals surface area contributed by atoms with E-state index in [-0.39, 0.29) is 0 Å². The zero-order chi connectivity index (χ0) is 24.3. The second-order valence-electron chi connectivity index (χ2n) is 8.76. The Kier molecular flexibility index (Phi) is 6.74. The van der Waals surface area contributed by atoms with Crippen LogP contribution in [-0.4, -0.2) is 49.3 Å². The van der Waals surface area contributed by atoms with E-state index in [2.05, 4.69) is 39.6 Å². The molecule has 1 aliphatic rings. The summed E-state index contributed by atoms with van der Waals surface area (Å²) in [5.41, 5.74) is 1.91. The van der Waals surface area contributed by atoms with Gasteiger partial charge in [-0.2, -0.15) is 13.2 Å². The molecule has 0 amide bonds. The van der Waals surface area contributed by atoms with Crippen LogP contribution in [0.25, 0.3) is 22.0 Å². The highest BCUT2D eigenvalue weighted by Crippen LogP contribution is 2.32. The molecule has 0 spiro atoms. The molecule has 8 heteroatoms. The third-order valence-corrected chi connectivity index (χ3v) is 6.44. The standard InChI is InChI=1S/C27H27F3N4O/c28-27(29,30)21-7-4-8-22(17-21)34-15-13-33(14-16-34)12-11-31-19-23-18-26(32-35-23)25-10-3-6-20-5-1-2-9-24(20)25/h1-10,17-18,31H,11-16,19H2. The number of benzene rings is 3. The van der Waals surface area contributed by atoms with Crippen molar-refractivity contribution < 1.29 is 17.7 Å². The van der Waals surface area contributed by atoms with E-state index >= 15 is 0 Å². The van der Waals surface area contributed by atoms with Crippen molar-refractivity contribution >= 4 is 16.5 Å².